The summed E-state index contributed by atoms with van der Waals surface area (Å²) in [6, 6.07) is 12.7. The molecule has 1 aliphatic heterocycles. The van der Waals surface area contributed by atoms with Crippen LogP contribution in [0.15, 0.2) is 48.7 Å². The number of nitrogens with zero attached hydrogens (tertiary/aromatic N) is 5. The van der Waals surface area contributed by atoms with E-state index < -0.39 is 11.7 Å². The van der Waals surface area contributed by atoms with E-state index in [-0.39, 0.29) is 30.3 Å². The normalized spacial score (nSPS) is 13.7. The number of fused-ring (bicyclic) bond motifs is 1. The van der Waals surface area contributed by atoms with E-state index in [1.807, 2.05) is 24.3 Å². The summed E-state index contributed by atoms with van der Waals surface area (Å²) >= 11 is 0. The number of piperazine rings is 1. The summed E-state index contributed by atoms with van der Waals surface area (Å²) in [7, 11) is 1.48. The van der Waals surface area contributed by atoms with Crippen LogP contribution in [0.3, 0.4) is 0 Å². The van der Waals surface area contributed by atoms with Crippen LogP contribution in [0.4, 0.5) is 10.1 Å². The van der Waals surface area contributed by atoms with Gasteiger partial charge in [0.15, 0.2) is 5.82 Å². The van der Waals surface area contributed by atoms with Crippen LogP contribution < -0.4 is 20.7 Å². The van der Waals surface area contributed by atoms with Crippen LogP contribution in [0.1, 0.15) is 6.42 Å². The molecule has 0 saturated carbocycles. The summed E-state index contributed by atoms with van der Waals surface area (Å²) in [6.07, 6.45) is 1.78. The van der Waals surface area contributed by atoms with Gasteiger partial charge in [0.2, 0.25) is 11.8 Å². The maximum atomic E-state index is 14.7. The zero-order valence-corrected chi connectivity index (χ0v) is 25.1. The summed E-state index contributed by atoms with van der Waals surface area (Å²) in [4.78, 5) is 36.4. The number of hydrogen-bond donors (Lipinski definition) is 3. The predicted octanol–water partition coefficient (Wildman–Crippen LogP) is 1.98. The predicted molar refractivity (Wildman–Crippen MR) is 166 cm³/mol. The Morgan fingerprint density at radius 1 is 1.02 bits per heavy atom. The highest BCUT2D eigenvalue weighted by atomic mass is 19.1. The van der Waals surface area contributed by atoms with Gasteiger partial charge in [0, 0.05) is 50.4 Å². The number of anilines is 1. The standard InChI is InChI=1S/C31H37FN8O5/c1-43-25-4-2-3-23(32)28(25)31-35-19-24-30(36-31)29(38-37-24)21-5-7-22(8-6-21)40-13-11-39(12-14-40)20-27(42)34-10-16-45-18-17-44-15-9-26(33)41/h2-8,19H,9-18,20H2,1H3,(H2,33,41)(H,34,42)(H,37,38). The topological polar surface area (TPSA) is 161 Å². The number of aromatic nitrogens is 4. The lowest BCUT2D eigenvalue weighted by atomic mass is 10.1. The first-order valence-electron chi connectivity index (χ1n) is 14.7. The second-order valence-corrected chi connectivity index (χ2v) is 10.4. The average molecular weight is 621 g/mol. The third-order valence-electron chi connectivity index (χ3n) is 7.40. The van der Waals surface area contributed by atoms with E-state index in [9.17, 15) is 14.0 Å². The van der Waals surface area contributed by atoms with Crippen molar-refractivity contribution in [2.75, 3.05) is 77.7 Å². The molecule has 5 rings (SSSR count). The van der Waals surface area contributed by atoms with Gasteiger partial charge >= 0.3 is 0 Å². The molecule has 3 heterocycles. The Hall–Kier alpha value is -4.66. The Labute approximate surface area is 259 Å². The molecular weight excluding hydrogens is 583 g/mol. The largest absolute Gasteiger partial charge is 0.496 e. The fourth-order valence-electron chi connectivity index (χ4n) is 5.04. The zero-order chi connectivity index (χ0) is 31.6. The van der Waals surface area contributed by atoms with Crippen LogP contribution in [-0.2, 0) is 19.1 Å². The molecule has 0 unspecified atom stereocenters. The van der Waals surface area contributed by atoms with E-state index in [0.717, 1.165) is 37.4 Å². The summed E-state index contributed by atoms with van der Waals surface area (Å²) < 4.78 is 30.7. The molecule has 0 atom stereocenters. The van der Waals surface area contributed by atoms with Crippen LogP contribution in [0, 0.1) is 5.82 Å². The molecule has 1 saturated heterocycles. The fraction of sp³-hybridized carbons (Fsp3) is 0.387. The Morgan fingerprint density at radius 2 is 1.78 bits per heavy atom. The van der Waals surface area contributed by atoms with Crippen LogP contribution in [0.2, 0.25) is 0 Å². The van der Waals surface area contributed by atoms with E-state index in [4.69, 9.17) is 19.9 Å². The summed E-state index contributed by atoms with van der Waals surface area (Å²) in [6.45, 7) is 5.28. The van der Waals surface area contributed by atoms with Gasteiger partial charge in [-0.15, -0.1) is 0 Å². The molecule has 14 heteroatoms. The molecule has 1 aliphatic rings. The maximum Gasteiger partial charge on any atom is 0.234 e. The van der Waals surface area contributed by atoms with E-state index >= 15 is 0 Å². The van der Waals surface area contributed by atoms with Crippen molar-refractivity contribution in [1.82, 2.24) is 30.4 Å². The van der Waals surface area contributed by atoms with Crippen molar-refractivity contribution in [3.63, 3.8) is 0 Å². The second-order valence-electron chi connectivity index (χ2n) is 10.4. The number of hydrogen-bond acceptors (Lipinski definition) is 10. The van der Waals surface area contributed by atoms with Crippen LogP contribution in [-0.4, -0.2) is 110 Å². The Kier molecular flexibility index (Phi) is 10.8. The number of rotatable bonds is 15. The van der Waals surface area contributed by atoms with Crippen molar-refractivity contribution in [3.8, 4) is 28.4 Å². The number of methoxy groups -OCH3 is 1. The molecule has 13 nitrogen and oxygen atoms in total. The molecule has 1 fully saturated rings. The number of primary amides is 1. The number of carbonyl (C=O) groups excluding carboxylic acids is 2. The Morgan fingerprint density at radius 3 is 2.51 bits per heavy atom. The zero-order valence-electron chi connectivity index (χ0n) is 25.1. The van der Waals surface area contributed by atoms with Gasteiger partial charge < -0.3 is 30.2 Å². The summed E-state index contributed by atoms with van der Waals surface area (Å²) in [5.41, 5.74) is 9.06. The lowest BCUT2D eigenvalue weighted by Crippen LogP contribution is -2.49. The monoisotopic (exact) mass is 620 g/mol. The van der Waals surface area contributed by atoms with Crippen molar-refractivity contribution in [2.24, 2.45) is 5.73 Å². The van der Waals surface area contributed by atoms with Crippen molar-refractivity contribution in [1.29, 1.82) is 0 Å². The van der Waals surface area contributed by atoms with E-state index in [0.29, 0.717) is 55.4 Å². The highest BCUT2D eigenvalue weighted by molar-refractivity contribution is 5.90. The number of benzene rings is 2. The molecule has 0 radical (unpaired) electrons. The minimum Gasteiger partial charge on any atom is -0.496 e. The lowest BCUT2D eigenvalue weighted by molar-refractivity contribution is -0.122. The van der Waals surface area contributed by atoms with Crippen molar-refractivity contribution >= 4 is 28.5 Å². The van der Waals surface area contributed by atoms with E-state index in [2.05, 4.69) is 35.3 Å². The smallest absolute Gasteiger partial charge is 0.234 e. The number of aromatic amines is 1. The SMILES string of the molecule is COc1cccc(F)c1-c1ncc2[nH]nc(-c3ccc(N4CCN(CC(=O)NCCOCCOCCC(N)=O)CC4)cc3)c2n1. The van der Waals surface area contributed by atoms with Gasteiger partial charge in [-0.25, -0.2) is 14.4 Å². The molecule has 45 heavy (non-hydrogen) atoms. The Bertz CT molecular complexity index is 1590. The molecular formula is C31H37FN8O5. The highest BCUT2D eigenvalue weighted by Crippen LogP contribution is 2.33. The minimum atomic E-state index is -0.466. The number of nitrogens with two attached hydrogens (primary N) is 1. The molecule has 2 aromatic heterocycles. The van der Waals surface area contributed by atoms with Gasteiger partial charge in [0.1, 0.15) is 28.3 Å². The van der Waals surface area contributed by atoms with E-state index in [1.165, 1.54) is 13.2 Å². The third kappa shape index (κ3) is 8.29. The number of nitrogens with one attached hydrogen (secondary N) is 2. The number of amides is 2. The number of halogens is 1. The van der Waals surface area contributed by atoms with Crippen LogP contribution in [0.25, 0.3) is 33.7 Å². The van der Waals surface area contributed by atoms with Gasteiger partial charge in [0.05, 0.1) is 51.8 Å². The van der Waals surface area contributed by atoms with Crippen molar-refractivity contribution in [2.45, 2.75) is 6.42 Å². The molecule has 0 aliphatic carbocycles. The number of carbonyl (C=O) groups is 2. The molecule has 0 spiro atoms. The van der Waals surface area contributed by atoms with Gasteiger partial charge in [-0.3, -0.25) is 19.6 Å². The van der Waals surface area contributed by atoms with Crippen LogP contribution in [0.5, 0.6) is 5.75 Å². The molecule has 4 N–H and O–H groups in total. The number of H-pyrrole nitrogens is 1. The first-order valence-corrected chi connectivity index (χ1v) is 14.7. The third-order valence-corrected chi connectivity index (χ3v) is 7.40. The van der Waals surface area contributed by atoms with Gasteiger partial charge in [-0.2, -0.15) is 5.10 Å². The summed E-state index contributed by atoms with van der Waals surface area (Å²) in [5, 5.41) is 10.3. The van der Waals surface area contributed by atoms with Gasteiger partial charge in [-0.05, 0) is 24.3 Å². The van der Waals surface area contributed by atoms with Crippen molar-refractivity contribution in [3.05, 3.63) is 54.5 Å². The minimum absolute atomic E-state index is 0.0410. The van der Waals surface area contributed by atoms with E-state index in [1.54, 1.807) is 18.3 Å². The molecule has 238 valence electrons. The highest BCUT2D eigenvalue weighted by Gasteiger charge is 2.21. The quantitative estimate of drug-likeness (QED) is 0.168. The molecule has 0 bridgehead atoms. The van der Waals surface area contributed by atoms with Gasteiger partial charge in [-0.1, -0.05) is 18.2 Å². The first-order chi connectivity index (χ1) is 21.9. The second kappa shape index (κ2) is 15.4. The fourth-order valence-corrected chi connectivity index (χ4v) is 5.04. The average Bonchev–Trinajstić information content (AvgIpc) is 3.47. The molecule has 2 amide bonds. The summed E-state index contributed by atoms with van der Waals surface area (Å²) in [5.74, 6) is -0.330. The first kappa shape index (κ1) is 31.8. The molecule has 4 aromatic rings. The Balaban J connectivity index is 1.09. The van der Waals surface area contributed by atoms with Crippen LogP contribution >= 0.6 is 0 Å². The molecule has 2 aromatic carbocycles. The van der Waals surface area contributed by atoms with Crippen molar-refractivity contribution < 1.29 is 28.2 Å². The number of ether oxygens (including phenoxy) is 3. The maximum absolute atomic E-state index is 14.7. The lowest BCUT2D eigenvalue weighted by Gasteiger charge is -2.35. The van der Waals surface area contributed by atoms with Gasteiger partial charge in [0.25, 0.3) is 0 Å².